The summed E-state index contributed by atoms with van der Waals surface area (Å²) in [6, 6.07) is 11.1. The molecule has 1 atom stereocenters. The summed E-state index contributed by atoms with van der Waals surface area (Å²) < 4.78 is 15.8. The highest BCUT2D eigenvalue weighted by molar-refractivity contribution is 5.76. The number of furan rings is 1. The lowest BCUT2D eigenvalue weighted by molar-refractivity contribution is -0.131. The molecule has 0 fully saturated rings. The molecular weight excluding hydrogens is 334 g/mol. The van der Waals surface area contributed by atoms with Crippen LogP contribution in [0.5, 0.6) is 5.75 Å². The van der Waals surface area contributed by atoms with Gasteiger partial charge in [0, 0.05) is 25.5 Å². The normalized spacial score (nSPS) is 12.0. The van der Waals surface area contributed by atoms with Crippen LogP contribution in [-0.4, -0.2) is 35.1 Å². The van der Waals surface area contributed by atoms with Gasteiger partial charge in [-0.2, -0.15) is 4.98 Å². The van der Waals surface area contributed by atoms with E-state index < -0.39 is 0 Å². The van der Waals surface area contributed by atoms with Gasteiger partial charge in [-0.05, 0) is 25.1 Å². The first-order valence-electron chi connectivity index (χ1n) is 8.35. The van der Waals surface area contributed by atoms with E-state index in [1.54, 1.807) is 37.5 Å². The Hall–Kier alpha value is -3.09. The van der Waals surface area contributed by atoms with E-state index in [2.05, 4.69) is 10.1 Å². The van der Waals surface area contributed by atoms with E-state index in [1.807, 2.05) is 31.2 Å². The molecule has 7 nitrogen and oxygen atoms in total. The molecule has 2 aromatic heterocycles. The van der Waals surface area contributed by atoms with Gasteiger partial charge in [0.15, 0.2) is 5.76 Å². The number of benzene rings is 1. The first-order valence-corrected chi connectivity index (χ1v) is 8.35. The van der Waals surface area contributed by atoms with Gasteiger partial charge < -0.3 is 18.6 Å². The first-order chi connectivity index (χ1) is 12.6. The molecule has 1 amide bonds. The third-order valence-electron chi connectivity index (χ3n) is 4.33. The molecule has 7 heteroatoms. The topological polar surface area (TPSA) is 81.6 Å². The number of hydrogen-bond donors (Lipinski definition) is 0. The molecule has 0 saturated heterocycles. The standard InChI is InChI=1S/C19H21N3O4/c1-13(14-7-4-5-8-15(14)24-3)22(2)18(23)11-10-17-20-19(21-26-17)16-9-6-12-25-16/h4-9,12-13H,10-11H2,1-3H3. The largest absolute Gasteiger partial charge is 0.496 e. The van der Waals surface area contributed by atoms with Gasteiger partial charge in [0.05, 0.1) is 19.4 Å². The molecule has 0 aliphatic rings. The molecule has 136 valence electrons. The van der Waals surface area contributed by atoms with E-state index in [4.69, 9.17) is 13.7 Å². The maximum Gasteiger partial charge on any atom is 0.238 e. The lowest BCUT2D eigenvalue weighted by atomic mass is 10.1. The van der Waals surface area contributed by atoms with Gasteiger partial charge in [-0.1, -0.05) is 23.4 Å². The Balaban J connectivity index is 1.61. The number of methoxy groups -OCH3 is 1. The van der Waals surface area contributed by atoms with Crippen LogP contribution in [0, 0.1) is 0 Å². The zero-order valence-corrected chi connectivity index (χ0v) is 15.0. The Kier molecular flexibility index (Phi) is 5.36. The zero-order chi connectivity index (χ0) is 18.5. The fourth-order valence-corrected chi connectivity index (χ4v) is 2.69. The van der Waals surface area contributed by atoms with Gasteiger partial charge in [0.25, 0.3) is 0 Å². The molecule has 0 bridgehead atoms. The van der Waals surface area contributed by atoms with Crippen molar-refractivity contribution in [3.63, 3.8) is 0 Å². The monoisotopic (exact) mass is 355 g/mol. The lowest BCUT2D eigenvalue weighted by Gasteiger charge is -2.26. The summed E-state index contributed by atoms with van der Waals surface area (Å²) in [5.41, 5.74) is 0.962. The molecule has 1 aromatic carbocycles. The van der Waals surface area contributed by atoms with Crippen LogP contribution in [0.4, 0.5) is 0 Å². The molecule has 2 heterocycles. The Morgan fingerprint density at radius 3 is 2.81 bits per heavy atom. The summed E-state index contributed by atoms with van der Waals surface area (Å²) in [7, 11) is 3.40. The van der Waals surface area contributed by atoms with E-state index in [9.17, 15) is 4.79 Å². The average Bonchev–Trinajstić information content (AvgIpc) is 3.36. The van der Waals surface area contributed by atoms with E-state index in [0.29, 0.717) is 23.9 Å². The number of nitrogens with zero attached hydrogens (tertiary/aromatic N) is 3. The molecule has 0 aliphatic carbocycles. The van der Waals surface area contributed by atoms with Crippen molar-refractivity contribution in [2.45, 2.75) is 25.8 Å². The van der Waals surface area contributed by atoms with Crippen LogP contribution < -0.4 is 4.74 Å². The van der Waals surface area contributed by atoms with Crippen molar-refractivity contribution in [1.29, 1.82) is 0 Å². The van der Waals surface area contributed by atoms with Crippen molar-refractivity contribution in [1.82, 2.24) is 15.0 Å². The van der Waals surface area contributed by atoms with Crippen LogP contribution in [0.1, 0.15) is 30.8 Å². The number of carbonyl (C=O) groups is 1. The number of amides is 1. The fraction of sp³-hybridized carbons (Fsp3) is 0.316. The predicted molar refractivity (Wildman–Crippen MR) is 94.5 cm³/mol. The second-order valence-corrected chi connectivity index (χ2v) is 5.91. The number of hydrogen-bond acceptors (Lipinski definition) is 6. The lowest BCUT2D eigenvalue weighted by Crippen LogP contribution is -2.30. The van der Waals surface area contributed by atoms with Crippen LogP contribution >= 0.6 is 0 Å². The van der Waals surface area contributed by atoms with Crippen LogP contribution in [0.3, 0.4) is 0 Å². The van der Waals surface area contributed by atoms with Crippen molar-refractivity contribution in [3.05, 3.63) is 54.1 Å². The number of para-hydroxylation sites is 1. The van der Waals surface area contributed by atoms with Crippen LogP contribution in [0.2, 0.25) is 0 Å². The third kappa shape index (κ3) is 3.77. The molecule has 0 radical (unpaired) electrons. The van der Waals surface area contributed by atoms with Gasteiger partial charge >= 0.3 is 0 Å². The van der Waals surface area contributed by atoms with Crippen LogP contribution in [0.25, 0.3) is 11.6 Å². The number of aromatic nitrogens is 2. The second-order valence-electron chi connectivity index (χ2n) is 5.91. The van der Waals surface area contributed by atoms with Crippen LogP contribution in [0.15, 0.2) is 51.6 Å². The Morgan fingerprint density at radius 1 is 1.27 bits per heavy atom. The third-order valence-corrected chi connectivity index (χ3v) is 4.33. The van der Waals surface area contributed by atoms with Gasteiger partial charge in [-0.15, -0.1) is 0 Å². The molecular formula is C19H21N3O4. The Labute approximate surface area is 151 Å². The SMILES string of the molecule is COc1ccccc1C(C)N(C)C(=O)CCc1nc(-c2ccco2)no1. The number of rotatable bonds is 7. The summed E-state index contributed by atoms with van der Waals surface area (Å²) in [4.78, 5) is 18.5. The molecule has 0 aliphatic heterocycles. The molecule has 1 unspecified atom stereocenters. The van der Waals surface area contributed by atoms with E-state index >= 15 is 0 Å². The predicted octanol–water partition coefficient (Wildman–Crippen LogP) is 3.49. The smallest absolute Gasteiger partial charge is 0.238 e. The van der Waals surface area contributed by atoms with E-state index in [-0.39, 0.29) is 18.4 Å². The average molecular weight is 355 g/mol. The van der Waals surface area contributed by atoms with E-state index in [1.165, 1.54) is 0 Å². The fourth-order valence-electron chi connectivity index (χ4n) is 2.69. The van der Waals surface area contributed by atoms with Crippen molar-refractivity contribution in [2.75, 3.05) is 14.2 Å². The molecule has 3 aromatic rings. The number of carbonyl (C=O) groups excluding carboxylic acids is 1. The van der Waals surface area contributed by atoms with Gasteiger partial charge in [-0.25, -0.2) is 0 Å². The minimum atomic E-state index is -0.111. The van der Waals surface area contributed by atoms with Gasteiger partial charge in [-0.3, -0.25) is 4.79 Å². The minimum Gasteiger partial charge on any atom is -0.496 e. The summed E-state index contributed by atoms with van der Waals surface area (Å²) in [5.74, 6) is 2.07. The van der Waals surface area contributed by atoms with Gasteiger partial charge in [0.2, 0.25) is 17.6 Å². The molecule has 0 saturated carbocycles. The molecule has 26 heavy (non-hydrogen) atoms. The number of aryl methyl sites for hydroxylation is 1. The maximum atomic E-state index is 12.5. The second kappa shape index (κ2) is 7.86. The van der Waals surface area contributed by atoms with Crippen LogP contribution in [-0.2, 0) is 11.2 Å². The first kappa shape index (κ1) is 17.7. The Bertz CT molecular complexity index is 857. The maximum absolute atomic E-state index is 12.5. The molecule has 0 spiro atoms. The highest BCUT2D eigenvalue weighted by atomic mass is 16.5. The minimum absolute atomic E-state index is 0.0128. The highest BCUT2D eigenvalue weighted by Crippen LogP contribution is 2.28. The summed E-state index contributed by atoms with van der Waals surface area (Å²) in [5, 5.41) is 3.87. The summed E-state index contributed by atoms with van der Waals surface area (Å²) >= 11 is 0. The summed E-state index contributed by atoms with van der Waals surface area (Å²) in [6.07, 6.45) is 2.19. The Morgan fingerprint density at radius 2 is 2.08 bits per heavy atom. The summed E-state index contributed by atoms with van der Waals surface area (Å²) in [6.45, 7) is 1.97. The van der Waals surface area contributed by atoms with E-state index in [0.717, 1.165) is 11.3 Å². The van der Waals surface area contributed by atoms with Crippen molar-refractivity contribution < 1.29 is 18.5 Å². The van der Waals surface area contributed by atoms with Gasteiger partial charge in [0.1, 0.15) is 5.75 Å². The molecule has 0 N–H and O–H groups in total. The van der Waals surface area contributed by atoms with Crippen molar-refractivity contribution in [2.24, 2.45) is 0 Å². The zero-order valence-electron chi connectivity index (χ0n) is 15.0. The highest BCUT2D eigenvalue weighted by Gasteiger charge is 2.21. The molecule has 3 rings (SSSR count). The quantitative estimate of drug-likeness (QED) is 0.645. The van der Waals surface area contributed by atoms with Crippen molar-refractivity contribution >= 4 is 5.91 Å². The number of ether oxygens (including phenoxy) is 1. The van der Waals surface area contributed by atoms with Crippen molar-refractivity contribution in [3.8, 4) is 17.3 Å².